The Kier molecular flexibility index (Phi) is 6.55. The van der Waals surface area contributed by atoms with Gasteiger partial charge in [0.15, 0.2) is 0 Å². The van der Waals surface area contributed by atoms with Gasteiger partial charge in [-0.25, -0.2) is 4.52 Å². The number of likely N-dealkylation sites (tertiary alicyclic amines) is 1. The van der Waals surface area contributed by atoms with Crippen molar-refractivity contribution < 1.29 is 4.79 Å². The zero-order chi connectivity index (χ0) is 24.2. The fourth-order valence-corrected chi connectivity index (χ4v) is 4.34. The van der Waals surface area contributed by atoms with Gasteiger partial charge in [0.1, 0.15) is 6.07 Å². The molecule has 0 spiro atoms. The van der Waals surface area contributed by atoms with Crippen LogP contribution in [0.3, 0.4) is 0 Å². The molecule has 34 heavy (non-hydrogen) atoms. The van der Waals surface area contributed by atoms with E-state index >= 15 is 0 Å². The quantitative estimate of drug-likeness (QED) is 0.419. The molecule has 0 aromatic carbocycles. The predicted molar refractivity (Wildman–Crippen MR) is 132 cm³/mol. The number of carbonyl (C=O) groups excluding carboxylic acids is 1. The van der Waals surface area contributed by atoms with Crippen LogP contribution in [0.5, 0.6) is 0 Å². The predicted octanol–water partition coefficient (Wildman–Crippen LogP) is 3.62. The van der Waals surface area contributed by atoms with E-state index in [0.717, 1.165) is 35.3 Å². The number of nitriles is 1. The lowest BCUT2D eigenvalue weighted by Gasteiger charge is -2.19. The van der Waals surface area contributed by atoms with E-state index in [4.69, 9.17) is 10.4 Å². The van der Waals surface area contributed by atoms with Gasteiger partial charge in [0.25, 0.3) is 0 Å². The molecule has 4 rings (SSSR count). The van der Waals surface area contributed by atoms with Gasteiger partial charge >= 0.3 is 0 Å². The molecule has 3 aromatic rings. The smallest absolute Gasteiger partial charge is 0.229 e. The Hall–Kier alpha value is -4.25. The molecule has 8 nitrogen and oxygen atoms in total. The van der Waals surface area contributed by atoms with Gasteiger partial charge in [-0.2, -0.15) is 10.4 Å². The second-order valence-corrected chi connectivity index (χ2v) is 8.40. The lowest BCUT2D eigenvalue weighted by atomic mass is 9.98. The Morgan fingerprint density at radius 1 is 1.41 bits per heavy atom. The van der Waals surface area contributed by atoms with Crippen LogP contribution >= 0.6 is 0 Å². The van der Waals surface area contributed by atoms with Gasteiger partial charge in [-0.3, -0.25) is 9.78 Å². The van der Waals surface area contributed by atoms with E-state index in [1.54, 1.807) is 30.0 Å². The van der Waals surface area contributed by atoms with Crippen LogP contribution in [-0.4, -0.2) is 51.8 Å². The number of fused-ring (bicyclic) bond motifs is 1. The largest absolute Gasteiger partial charge is 0.393 e. The van der Waals surface area contributed by atoms with E-state index in [2.05, 4.69) is 23.1 Å². The van der Waals surface area contributed by atoms with Crippen LogP contribution < -0.4 is 5.32 Å². The molecule has 2 N–H and O–H groups in total. The first kappa shape index (κ1) is 22.9. The molecule has 1 fully saturated rings. The van der Waals surface area contributed by atoms with Crippen molar-refractivity contribution >= 4 is 23.2 Å². The number of hydrogen-bond acceptors (Lipinski definition) is 6. The second-order valence-electron chi connectivity index (χ2n) is 8.40. The van der Waals surface area contributed by atoms with Crippen molar-refractivity contribution in [2.24, 2.45) is 5.92 Å². The standard InChI is InChI=1S/C26H27N7O/c1-4-17(2)26(34)32-8-7-19(15-32)24-6-5-18(13-30-24)23-9-20(21(10-27)12-29-3)16-33-25(23)22(11-28)14-31-33/h4-6,9-10,12-14,16-17,19,27,29H,1,7-8,15H2,2-3H3/b21-12+,27-10?. The zero-order valence-corrected chi connectivity index (χ0v) is 19.3. The van der Waals surface area contributed by atoms with Crippen molar-refractivity contribution in [3.05, 3.63) is 72.5 Å². The van der Waals surface area contributed by atoms with E-state index in [0.29, 0.717) is 23.2 Å². The molecule has 4 heterocycles. The van der Waals surface area contributed by atoms with E-state index < -0.39 is 0 Å². The number of aromatic nitrogens is 3. The van der Waals surface area contributed by atoms with Crippen LogP contribution in [-0.2, 0) is 4.79 Å². The van der Waals surface area contributed by atoms with E-state index in [-0.39, 0.29) is 17.7 Å². The Bertz CT molecular complexity index is 1310. The maximum absolute atomic E-state index is 12.5. The van der Waals surface area contributed by atoms with E-state index in [1.807, 2.05) is 42.4 Å². The van der Waals surface area contributed by atoms with Gasteiger partial charge in [-0.15, -0.1) is 6.58 Å². The van der Waals surface area contributed by atoms with Crippen LogP contribution in [0.25, 0.3) is 22.2 Å². The van der Waals surface area contributed by atoms with Crippen molar-refractivity contribution in [1.29, 1.82) is 10.7 Å². The summed E-state index contributed by atoms with van der Waals surface area (Å²) in [6.45, 7) is 6.97. The van der Waals surface area contributed by atoms with Crippen LogP contribution in [0.2, 0.25) is 0 Å². The number of rotatable bonds is 7. The third-order valence-electron chi connectivity index (χ3n) is 6.28. The number of amides is 1. The number of nitrogens with one attached hydrogen (secondary N) is 2. The molecule has 3 aromatic heterocycles. The third-order valence-corrected chi connectivity index (χ3v) is 6.28. The van der Waals surface area contributed by atoms with Gasteiger partial charge in [-0.05, 0) is 18.6 Å². The van der Waals surface area contributed by atoms with Crippen molar-refractivity contribution in [2.75, 3.05) is 20.1 Å². The molecule has 172 valence electrons. The number of allylic oxidation sites excluding steroid dienone is 1. The minimum Gasteiger partial charge on any atom is -0.393 e. The molecule has 8 heteroatoms. The molecular weight excluding hydrogens is 426 g/mol. The summed E-state index contributed by atoms with van der Waals surface area (Å²) in [6.07, 6.45) is 10.7. The Labute approximate surface area is 198 Å². The highest BCUT2D eigenvalue weighted by molar-refractivity contribution is 6.08. The monoisotopic (exact) mass is 453 g/mol. The maximum Gasteiger partial charge on any atom is 0.229 e. The lowest BCUT2D eigenvalue weighted by Crippen LogP contribution is -2.32. The second kappa shape index (κ2) is 9.71. The van der Waals surface area contributed by atoms with Crippen molar-refractivity contribution in [3.63, 3.8) is 0 Å². The van der Waals surface area contributed by atoms with E-state index in [9.17, 15) is 10.1 Å². The van der Waals surface area contributed by atoms with Gasteiger partial charge < -0.3 is 15.6 Å². The van der Waals surface area contributed by atoms with Crippen LogP contribution in [0.4, 0.5) is 0 Å². The van der Waals surface area contributed by atoms with Crippen molar-refractivity contribution in [2.45, 2.75) is 19.3 Å². The number of carbonyl (C=O) groups is 1. The summed E-state index contributed by atoms with van der Waals surface area (Å²) >= 11 is 0. The van der Waals surface area contributed by atoms with Crippen LogP contribution in [0, 0.1) is 22.7 Å². The van der Waals surface area contributed by atoms with Crippen molar-refractivity contribution in [1.82, 2.24) is 24.8 Å². The molecule has 0 bridgehead atoms. The van der Waals surface area contributed by atoms with Gasteiger partial charge in [-0.1, -0.05) is 19.1 Å². The highest BCUT2D eigenvalue weighted by atomic mass is 16.2. The fraction of sp³-hybridized carbons (Fsp3) is 0.269. The fourth-order valence-electron chi connectivity index (χ4n) is 4.34. The maximum atomic E-state index is 12.5. The van der Waals surface area contributed by atoms with Crippen molar-refractivity contribution in [3.8, 4) is 17.2 Å². The highest BCUT2D eigenvalue weighted by Crippen LogP contribution is 2.32. The summed E-state index contributed by atoms with van der Waals surface area (Å²) in [5.74, 6) is 0.111. The first-order chi connectivity index (χ1) is 16.5. The summed E-state index contributed by atoms with van der Waals surface area (Å²) in [7, 11) is 1.78. The highest BCUT2D eigenvalue weighted by Gasteiger charge is 2.29. The average molecular weight is 454 g/mol. The minimum absolute atomic E-state index is 0.106. The molecule has 1 saturated heterocycles. The topological polar surface area (TPSA) is 110 Å². The lowest BCUT2D eigenvalue weighted by molar-refractivity contribution is -0.132. The first-order valence-corrected chi connectivity index (χ1v) is 11.2. The average Bonchev–Trinajstić information content (AvgIpc) is 3.53. The number of pyridine rings is 2. The normalized spacial score (nSPS) is 16.8. The molecule has 1 aliphatic rings. The Balaban J connectivity index is 1.69. The van der Waals surface area contributed by atoms with E-state index in [1.165, 1.54) is 6.21 Å². The SMILES string of the molecule is C=CC(C)C(=O)N1CCC(c2ccc(-c3cc(/C(C=N)=C/NC)cn4ncc(C#N)c34)cn2)C1. The minimum atomic E-state index is -0.184. The summed E-state index contributed by atoms with van der Waals surface area (Å²) in [4.78, 5) is 19.1. The number of nitrogens with zero attached hydrogens (tertiary/aromatic N) is 5. The summed E-state index contributed by atoms with van der Waals surface area (Å²) in [5, 5.41) is 24.7. The molecule has 1 aliphatic heterocycles. The van der Waals surface area contributed by atoms with Crippen LogP contribution in [0.1, 0.15) is 36.1 Å². The zero-order valence-electron chi connectivity index (χ0n) is 19.3. The summed E-state index contributed by atoms with van der Waals surface area (Å²) in [5.41, 5.74) is 5.27. The molecule has 0 saturated carbocycles. The molecule has 0 aliphatic carbocycles. The summed E-state index contributed by atoms with van der Waals surface area (Å²) < 4.78 is 1.67. The third kappa shape index (κ3) is 4.20. The number of hydrogen-bond donors (Lipinski definition) is 2. The molecule has 2 unspecified atom stereocenters. The van der Waals surface area contributed by atoms with Gasteiger partial charge in [0.05, 0.1) is 23.2 Å². The van der Waals surface area contributed by atoms with Gasteiger partial charge in [0.2, 0.25) is 5.91 Å². The molecule has 1 amide bonds. The molecule has 2 atom stereocenters. The summed E-state index contributed by atoms with van der Waals surface area (Å²) in [6, 6.07) is 8.16. The first-order valence-electron chi connectivity index (χ1n) is 11.2. The van der Waals surface area contributed by atoms with Crippen LogP contribution in [0.15, 0.2) is 55.6 Å². The van der Waals surface area contributed by atoms with Gasteiger partial charge in [0, 0.05) is 78.8 Å². The molecule has 0 radical (unpaired) electrons. The Morgan fingerprint density at radius 2 is 2.24 bits per heavy atom. The Morgan fingerprint density at radius 3 is 2.88 bits per heavy atom. The molecular formula is C26H27N7O.